The summed E-state index contributed by atoms with van der Waals surface area (Å²) in [7, 11) is 0. The van der Waals surface area contributed by atoms with Crippen LogP contribution in [0.3, 0.4) is 0 Å². The van der Waals surface area contributed by atoms with E-state index >= 15 is 0 Å². The van der Waals surface area contributed by atoms with Crippen LogP contribution < -0.4 is 16.4 Å². The summed E-state index contributed by atoms with van der Waals surface area (Å²) in [6.45, 7) is 2.40. The summed E-state index contributed by atoms with van der Waals surface area (Å²) in [6, 6.07) is 4.14. The molecule has 1 fully saturated rings. The standard InChI is InChI=1S/C15H18F3N3O3/c1-14(13(19)23,21-12(22)11-8-20-5-6-24-11)9-3-2-4-10(7-9)15(16,17)18/h2-4,7,11,20H,5-6,8H2,1H3,(H2,19,23)(H,21,22). The van der Waals surface area contributed by atoms with Crippen LogP contribution in [0.25, 0.3) is 0 Å². The number of rotatable bonds is 4. The highest BCUT2D eigenvalue weighted by atomic mass is 19.4. The van der Waals surface area contributed by atoms with Gasteiger partial charge in [0, 0.05) is 13.1 Å². The predicted molar refractivity (Wildman–Crippen MR) is 78.7 cm³/mol. The van der Waals surface area contributed by atoms with Crippen LogP contribution in [0.15, 0.2) is 24.3 Å². The number of amides is 2. The molecular weight excluding hydrogens is 327 g/mol. The second-order valence-electron chi connectivity index (χ2n) is 5.62. The van der Waals surface area contributed by atoms with E-state index in [1.165, 1.54) is 13.0 Å². The molecular formula is C15H18F3N3O3. The Kier molecular flexibility index (Phi) is 5.14. The number of hydrogen-bond acceptors (Lipinski definition) is 4. The summed E-state index contributed by atoms with van der Waals surface area (Å²) >= 11 is 0. The van der Waals surface area contributed by atoms with Crippen molar-refractivity contribution in [3.8, 4) is 0 Å². The molecule has 0 spiro atoms. The van der Waals surface area contributed by atoms with Crippen LogP contribution >= 0.6 is 0 Å². The fourth-order valence-electron chi connectivity index (χ4n) is 2.34. The van der Waals surface area contributed by atoms with E-state index in [4.69, 9.17) is 10.5 Å². The maximum absolute atomic E-state index is 12.9. The smallest absolute Gasteiger partial charge is 0.367 e. The maximum Gasteiger partial charge on any atom is 0.416 e. The Bertz CT molecular complexity index is 630. The molecule has 4 N–H and O–H groups in total. The van der Waals surface area contributed by atoms with Gasteiger partial charge in [-0.1, -0.05) is 12.1 Å². The average molecular weight is 345 g/mol. The maximum atomic E-state index is 12.9. The predicted octanol–water partition coefficient (Wildman–Crippen LogP) is 0.511. The third-order valence-corrected chi connectivity index (χ3v) is 3.85. The average Bonchev–Trinajstić information content (AvgIpc) is 2.54. The highest BCUT2D eigenvalue weighted by Crippen LogP contribution is 2.32. The SMILES string of the molecule is CC(NC(=O)C1CNCCO1)(C(N)=O)c1cccc(C(F)(F)F)c1. The van der Waals surface area contributed by atoms with Gasteiger partial charge >= 0.3 is 6.18 Å². The molecule has 1 saturated heterocycles. The number of carbonyl (C=O) groups excluding carboxylic acids is 2. The first-order valence-corrected chi connectivity index (χ1v) is 7.26. The first kappa shape index (κ1) is 18.2. The van der Waals surface area contributed by atoms with Crippen LogP contribution in [0.1, 0.15) is 18.1 Å². The second-order valence-corrected chi connectivity index (χ2v) is 5.62. The van der Waals surface area contributed by atoms with E-state index in [9.17, 15) is 22.8 Å². The third-order valence-electron chi connectivity index (χ3n) is 3.85. The Hall–Kier alpha value is -2.13. The van der Waals surface area contributed by atoms with E-state index in [2.05, 4.69) is 10.6 Å². The van der Waals surface area contributed by atoms with Gasteiger partial charge in [-0.05, 0) is 24.6 Å². The van der Waals surface area contributed by atoms with Gasteiger partial charge in [-0.3, -0.25) is 9.59 Å². The molecule has 0 bridgehead atoms. The first-order valence-electron chi connectivity index (χ1n) is 7.26. The number of primary amides is 1. The summed E-state index contributed by atoms with van der Waals surface area (Å²) in [4.78, 5) is 24.1. The number of carbonyl (C=O) groups is 2. The minimum absolute atomic E-state index is 0.0538. The highest BCUT2D eigenvalue weighted by Gasteiger charge is 2.39. The summed E-state index contributed by atoms with van der Waals surface area (Å²) < 4.78 is 43.9. The lowest BCUT2D eigenvalue weighted by Crippen LogP contribution is -2.58. The van der Waals surface area contributed by atoms with Gasteiger partial charge in [0.25, 0.3) is 5.91 Å². The molecule has 24 heavy (non-hydrogen) atoms. The van der Waals surface area contributed by atoms with E-state index in [0.717, 1.165) is 18.2 Å². The van der Waals surface area contributed by atoms with Crippen molar-refractivity contribution in [2.45, 2.75) is 24.7 Å². The topological polar surface area (TPSA) is 93.4 Å². The fraction of sp³-hybridized carbons (Fsp3) is 0.467. The molecule has 0 radical (unpaired) electrons. The van der Waals surface area contributed by atoms with Crippen molar-refractivity contribution in [2.75, 3.05) is 19.7 Å². The van der Waals surface area contributed by atoms with Gasteiger partial charge in [-0.2, -0.15) is 13.2 Å². The number of benzene rings is 1. The van der Waals surface area contributed by atoms with E-state index in [-0.39, 0.29) is 12.1 Å². The van der Waals surface area contributed by atoms with Gasteiger partial charge in [0.1, 0.15) is 11.6 Å². The third kappa shape index (κ3) is 3.85. The molecule has 1 aliphatic rings. The minimum atomic E-state index is -4.57. The van der Waals surface area contributed by atoms with E-state index in [1.54, 1.807) is 0 Å². The summed E-state index contributed by atoms with van der Waals surface area (Å²) in [6.07, 6.45) is -5.42. The largest absolute Gasteiger partial charge is 0.416 e. The van der Waals surface area contributed by atoms with E-state index in [0.29, 0.717) is 13.2 Å². The van der Waals surface area contributed by atoms with Crippen molar-refractivity contribution in [1.82, 2.24) is 10.6 Å². The van der Waals surface area contributed by atoms with Crippen LogP contribution in [0.4, 0.5) is 13.2 Å². The molecule has 2 rings (SSSR count). The molecule has 0 saturated carbocycles. The van der Waals surface area contributed by atoms with Crippen LogP contribution in [0, 0.1) is 0 Å². The lowest BCUT2D eigenvalue weighted by atomic mass is 9.89. The zero-order valence-electron chi connectivity index (χ0n) is 12.9. The number of nitrogens with two attached hydrogens (primary N) is 1. The Labute approximate surface area is 136 Å². The zero-order valence-corrected chi connectivity index (χ0v) is 12.9. The van der Waals surface area contributed by atoms with Crippen molar-refractivity contribution in [3.05, 3.63) is 35.4 Å². The Morgan fingerprint density at radius 3 is 2.54 bits per heavy atom. The minimum Gasteiger partial charge on any atom is -0.367 e. The highest BCUT2D eigenvalue weighted by molar-refractivity contribution is 5.92. The molecule has 132 valence electrons. The number of hydrogen-bond donors (Lipinski definition) is 3. The summed E-state index contributed by atoms with van der Waals surface area (Å²) in [5, 5.41) is 5.36. The Morgan fingerprint density at radius 2 is 2.00 bits per heavy atom. The molecule has 2 unspecified atom stereocenters. The Morgan fingerprint density at radius 1 is 1.33 bits per heavy atom. The summed E-state index contributed by atoms with van der Waals surface area (Å²) in [5.74, 6) is -1.60. The fourth-order valence-corrected chi connectivity index (χ4v) is 2.34. The quantitative estimate of drug-likeness (QED) is 0.741. The van der Waals surface area contributed by atoms with E-state index < -0.39 is 35.2 Å². The van der Waals surface area contributed by atoms with Gasteiger partial charge in [-0.15, -0.1) is 0 Å². The van der Waals surface area contributed by atoms with Crippen LogP contribution in [-0.4, -0.2) is 37.6 Å². The van der Waals surface area contributed by atoms with Gasteiger partial charge < -0.3 is 21.1 Å². The first-order chi connectivity index (χ1) is 11.1. The molecule has 1 aromatic carbocycles. The normalized spacial score (nSPS) is 20.9. The van der Waals surface area contributed by atoms with Crippen LogP contribution in [0.2, 0.25) is 0 Å². The number of ether oxygens (including phenoxy) is 1. The molecule has 0 aromatic heterocycles. The lowest BCUT2D eigenvalue weighted by molar-refractivity contribution is -0.140. The van der Waals surface area contributed by atoms with Gasteiger partial charge in [-0.25, -0.2) is 0 Å². The van der Waals surface area contributed by atoms with Crippen molar-refractivity contribution >= 4 is 11.8 Å². The monoisotopic (exact) mass is 345 g/mol. The van der Waals surface area contributed by atoms with Crippen molar-refractivity contribution in [3.63, 3.8) is 0 Å². The molecule has 1 aliphatic heterocycles. The molecule has 9 heteroatoms. The van der Waals surface area contributed by atoms with Gasteiger partial charge in [0.2, 0.25) is 5.91 Å². The Balaban J connectivity index is 2.30. The van der Waals surface area contributed by atoms with Crippen LogP contribution in [0.5, 0.6) is 0 Å². The number of morpholine rings is 1. The van der Waals surface area contributed by atoms with Gasteiger partial charge in [0.15, 0.2) is 0 Å². The molecule has 1 aromatic rings. The molecule has 2 atom stereocenters. The number of halogens is 3. The lowest BCUT2D eigenvalue weighted by Gasteiger charge is -2.31. The molecule has 6 nitrogen and oxygen atoms in total. The zero-order chi connectivity index (χ0) is 18.0. The second kappa shape index (κ2) is 6.78. The van der Waals surface area contributed by atoms with Crippen molar-refractivity contribution < 1.29 is 27.5 Å². The number of nitrogens with one attached hydrogen (secondary N) is 2. The molecule has 1 heterocycles. The molecule has 0 aliphatic carbocycles. The molecule has 2 amide bonds. The number of alkyl halides is 3. The van der Waals surface area contributed by atoms with Crippen molar-refractivity contribution in [1.29, 1.82) is 0 Å². The van der Waals surface area contributed by atoms with Crippen LogP contribution in [-0.2, 0) is 26.0 Å². The summed E-state index contributed by atoms with van der Waals surface area (Å²) in [5.41, 5.74) is 2.57. The van der Waals surface area contributed by atoms with Gasteiger partial charge in [0.05, 0.1) is 12.2 Å². The van der Waals surface area contributed by atoms with E-state index in [1.807, 2.05) is 0 Å². The van der Waals surface area contributed by atoms with Crippen molar-refractivity contribution in [2.24, 2.45) is 5.73 Å².